The van der Waals surface area contributed by atoms with Gasteiger partial charge in [-0.3, -0.25) is 14.4 Å². The first-order valence-corrected chi connectivity index (χ1v) is 8.44. The molecule has 0 saturated heterocycles. The Balaban J connectivity index is 3.29. The van der Waals surface area contributed by atoms with Gasteiger partial charge in [0.2, 0.25) is 0 Å². The van der Waals surface area contributed by atoms with Crippen LogP contribution < -0.4 is 0 Å². The first-order valence-electron chi connectivity index (χ1n) is 8.44. The zero-order chi connectivity index (χ0) is 18.0. The molecule has 0 aliphatic rings. The normalized spacial score (nSPS) is 11.0. The number of ketones is 1. The molecular weight excluding hydrogens is 308 g/mol. The van der Waals surface area contributed by atoms with Crippen molar-refractivity contribution in [1.29, 1.82) is 0 Å². The molecular formula is C19H26O5. The lowest BCUT2D eigenvalue weighted by molar-refractivity contribution is -0.165. The molecule has 5 nitrogen and oxygen atoms in total. The van der Waals surface area contributed by atoms with Crippen LogP contribution in [0, 0.1) is 0 Å². The first kappa shape index (κ1) is 19.9. The predicted octanol–water partition coefficient (Wildman–Crippen LogP) is 3.20. The third-order valence-electron chi connectivity index (χ3n) is 3.82. The Labute approximate surface area is 143 Å². The lowest BCUT2D eigenvalue weighted by atomic mass is 9.76. The Morgan fingerprint density at radius 2 is 1.42 bits per heavy atom. The van der Waals surface area contributed by atoms with E-state index in [2.05, 4.69) is 0 Å². The van der Waals surface area contributed by atoms with Gasteiger partial charge in [0.05, 0.1) is 13.2 Å². The van der Waals surface area contributed by atoms with Crippen LogP contribution in [0.4, 0.5) is 0 Å². The Hall–Kier alpha value is -2.17. The van der Waals surface area contributed by atoms with Gasteiger partial charge in [-0.25, -0.2) is 0 Å². The van der Waals surface area contributed by atoms with Crippen molar-refractivity contribution in [3.05, 3.63) is 35.9 Å². The maximum atomic E-state index is 12.7. The highest BCUT2D eigenvalue weighted by Gasteiger charge is 2.50. The van der Waals surface area contributed by atoms with Crippen LogP contribution in [0.3, 0.4) is 0 Å². The summed E-state index contributed by atoms with van der Waals surface area (Å²) >= 11 is 0. The molecule has 0 amide bonds. The molecule has 0 bridgehead atoms. The highest BCUT2D eigenvalue weighted by Crippen LogP contribution is 2.33. The van der Waals surface area contributed by atoms with E-state index in [1.165, 1.54) is 0 Å². The van der Waals surface area contributed by atoms with E-state index in [1.807, 2.05) is 6.92 Å². The number of benzene rings is 1. The molecule has 0 spiro atoms. The summed E-state index contributed by atoms with van der Waals surface area (Å²) in [5, 5.41) is 0. The quantitative estimate of drug-likeness (QED) is 0.485. The standard InChI is InChI=1S/C19H26O5/c1-4-10-16(20)13-14-19(17(21)23-5-2,18(22)24-6-3)15-11-8-7-9-12-15/h7-9,11-12H,4-6,10,13-14H2,1-3H3. The van der Waals surface area contributed by atoms with Crippen LogP contribution in [-0.2, 0) is 29.3 Å². The number of ether oxygens (including phenoxy) is 2. The maximum absolute atomic E-state index is 12.7. The molecule has 1 aromatic carbocycles. The van der Waals surface area contributed by atoms with E-state index in [4.69, 9.17) is 9.47 Å². The van der Waals surface area contributed by atoms with Crippen molar-refractivity contribution in [2.24, 2.45) is 0 Å². The molecule has 0 N–H and O–H groups in total. The summed E-state index contributed by atoms with van der Waals surface area (Å²) < 4.78 is 10.3. The van der Waals surface area contributed by atoms with Crippen molar-refractivity contribution in [2.75, 3.05) is 13.2 Å². The molecule has 0 aromatic heterocycles. The summed E-state index contributed by atoms with van der Waals surface area (Å²) in [6.07, 6.45) is 1.33. The lowest BCUT2D eigenvalue weighted by Gasteiger charge is -2.29. The number of esters is 2. The van der Waals surface area contributed by atoms with E-state index in [0.717, 1.165) is 6.42 Å². The van der Waals surface area contributed by atoms with Gasteiger partial charge in [-0.2, -0.15) is 0 Å². The molecule has 0 heterocycles. The third kappa shape index (κ3) is 4.66. The molecule has 5 heteroatoms. The molecule has 0 aliphatic carbocycles. The minimum absolute atomic E-state index is 0.0198. The largest absolute Gasteiger partial charge is 0.465 e. The number of carbonyl (C=O) groups excluding carboxylic acids is 3. The Morgan fingerprint density at radius 3 is 1.88 bits per heavy atom. The number of hydrogen-bond acceptors (Lipinski definition) is 5. The van der Waals surface area contributed by atoms with Crippen molar-refractivity contribution in [1.82, 2.24) is 0 Å². The maximum Gasteiger partial charge on any atom is 0.328 e. The average molecular weight is 334 g/mol. The fourth-order valence-electron chi connectivity index (χ4n) is 2.63. The summed E-state index contributed by atoms with van der Waals surface area (Å²) in [4.78, 5) is 37.4. The highest BCUT2D eigenvalue weighted by molar-refractivity contribution is 6.06. The van der Waals surface area contributed by atoms with Gasteiger partial charge in [0, 0.05) is 12.8 Å². The Kier molecular flexibility index (Phi) is 8.16. The third-order valence-corrected chi connectivity index (χ3v) is 3.82. The molecule has 1 aromatic rings. The summed E-state index contributed by atoms with van der Waals surface area (Å²) in [6.45, 7) is 5.58. The number of hydrogen-bond donors (Lipinski definition) is 0. The molecule has 0 aliphatic heterocycles. The molecule has 132 valence electrons. The number of rotatable bonds is 10. The number of Topliss-reactive ketones (excluding diaryl/α,β-unsaturated/α-hetero) is 1. The molecule has 0 radical (unpaired) electrons. The molecule has 0 unspecified atom stereocenters. The summed E-state index contributed by atoms with van der Waals surface area (Å²) in [5.41, 5.74) is -1.11. The van der Waals surface area contributed by atoms with Gasteiger partial charge in [0.15, 0.2) is 5.41 Å². The van der Waals surface area contributed by atoms with Gasteiger partial charge in [0.25, 0.3) is 0 Å². The second kappa shape index (κ2) is 9.85. The van der Waals surface area contributed by atoms with E-state index in [0.29, 0.717) is 12.0 Å². The monoisotopic (exact) mass is 334 g/mol. The van der Waals surface area contributed by atoms with Crippen molar-refractivity contribution >= 4 is 17.7 Å². The minimum atomic E-state index is -1.60. The van der Waals surface area contributed by atoms with E-state index in [-0.39, 0.29) is 31.8 Å². The smallest absolute Gasteiger partial charge is 0.328 e. The van der Waals surface area contributed by atoms with Crippen molar-refractivity contribution in [3.8, 4) is 0 Å². The fraction of sp³-hybridized carbons (Fsp3) is 0.526. The molecule has 0 atom stereocenters. The Bertz CT molecular complexity index is 532. The average Bonchev–Trinajstić information content (AvgIpc) is 2.57. The van der Waals surface area contributed by atoms with Crippen LogP contribution >= 0.6 is 0 Å². The van der Waals surface area contributed by atoms with Crippen LogP contribution in [0.25, 0.3) is 0 Å². The summed E-state index contributed by atoms with van der Waals surface area (Å²) in [6, 6.07) is 8.68. The van der Waals surface area contributed by atoms with Crippen molar-refractivity contribution in [2.45, 2.75) is 51.9 Å². The lowest BCUT2D eigenvalue weighted by Crippen LogP contribution is -2.46. The molecule has 24 heavy (non-hydrogen) atoms. The van der Waals surface area contributed by atoms with Crippen molar-refractivity contribution in [3.63, 3.8) is 0 Å². The van der Waals surface area contributed by atoms with Gasteiger partial charge in [-0.15, -0.1) is 0 Å². The summed E-state index contributed by atoms with van der Waals surface area (Å²) in [7, 11) is 0. The van der Waals surface area contributed by atoms with Gasteiger partial charge < -0.3 is 9.47 Å². The van der Waals surface area contributed by atoms with Gasteiger partial charge in [0.1, 0.15) is 5.78 Å². The second-order valence-electron chi connectivity index (χ2n) is 5.50. The first-order chi connectivity index (χ1) is 11.5. The van der Waals surface area contributed by atoms with Crippen LogP contribution in [0.5, 0.6) is 0 Å². The topological polar surface area (TPSA) is 69.7 Å². The zero-order valence-corrected chi connectivity index (χ0v) is 14.7. The van der Waals surface area contributed by atoms with Crippen LogP contribution in [0.1, 0.15) is 52.0 Å². The van der Waals surface area contributed by atoms with Gasteiger partial charge in [-0.1, -0.05) is 37.3 Å². The highest BCUT2D eigenvalue weighted by atomic mass is 16.6. The van der Waals surface area contributed by atoms with E-state index in [9.17, 15) is 14.4 Å². The van der Waals surface area contributed by atoms with Gasteiger partial charge in [-0.05, 0) is 32.3 Å². The minimum Gasteiger partial charge on any atom is -0.465 e. The van der Waals surface area contributed by atoms with Crippen LogP contribution in [0.2, 0.25) is 0 Å². The zero-order valence-electron chi connectivity index (χ0n) is 14.7. The summed E-state index contributed by atoms with van der Waals surface area (Å²) in [5.74, 6) is -1.32. The fourth-order valence-corrected chi connectivity index (χ4v) is 2.63. The molecule has 1 rings (SSSR count). The predicted molar refractivity (Wildman–Crippen MR) is 90.5 cm³/mol. The van der Waals surface area contributed by atoms with E-state index < -0.39 is 17.4 Å². The molecule has 0 fully saturated rings. The van der Waals surface area contributed by atoms with Crippen LogP contribution in [-0.4, -0.2) is 30.9 Å². The molecule has 0 saturated carbocycles. The number of carbonyl (C=O) groups is 3. The van der Waals surface area contributed by atoms with Crippen LogP contribution in [0.15, 0.2) is 30.3 Å². The second-order valence-corrected chi connectivity index (χ2v) is 5.50. The van der Waals surface area contributed by atoms with Crippen molar-refractivity contribution < 1.29 is 23.9 Å². The SMILES string of the molecule is CCCC(=O)CCC(C(=O)OCC)(C(=O)OCC)c1ccccc1. The van der Waals surface area contributed by atoms with Gasteiger partial charge >= 0.3 is 11.9 Å². The van der Waals surface area contributed by atoms with E-state index in [1.54, 1.807) is 44.2 Å². The van der Waals surface area contributed by atoms with E-state index >= 15 is 0 Å². The Morgan fingerprint density at radius 1 is 0.875 bits per heavy atom.